The minimum absolute atomic E-state index is 0.0586. The fraction of sp³-hybridized carbons (Fsp3) is 0.968. The van der Waals surface area contributed by atoms with Gasteiger partial charge in [-0.25, -0.2) is 4.57 Å². The number of hydrogen-bond donors (Lipinski definition) is 2. The first-order valence-electron chi connectivity index (χ1n) is 32.5. The van der Waals surface area contributed by atoms with Crippen molar-refractivity contribution in [1.29, 1.82) is 0 Å². The molecule has 0 saturated heterocycles. The van der Waals surface area contributed by atoms with E-state index in [0.717, 1.165) is 32.1 Å². The summed E-state index contributed by atoms with van der Waals surface area (Å²) in [5.41, 5.74) is 5.38. The lowest BCUT2D eigenvalue weighted by molar-refractivity contribution is -0.161. The molecule has 0 amide bonds. The van der Waals surface area contributed by atoms with Gasteiger partial charge in [0, 0.05) is 19.4 Å². The first-order chi connectivity index (χ1) is 35.8. The van der Waals surface area contributed by atoms with Crippen LogP contribution in [0.25, 0.3) is 0 Å². The van der Waals surface area contributed by atoms with Crippen molar-refractivity contribution in [3.63, 3.8) is 0 Å². The lowest BCUT2D eigenvalue weighted by Gasteiger charge is -2.19. The minimum Gasteiger partial charge on any atom is -0.462 e. The van der Waals surface area contributed by atoms with Crippen LogP contribution in [-0.4, -0.2) is 49.3 Å². The van der Waals surface area contributed by atoms with Gasteiger partial charge in [-0.2, -0.15) is 0 Å². The fourth-order valence-electron chi connectivity index (χ4n) is 10.2. The highest BCUT2D eigenvalue weighted by atomic mass is 31.2. The Hall–Kier alpha value is -0.990. The van der Waals surface area contributed by atoms with Gasteiger partial charge in [0.25, 0.3) is 0 Å². The molecule has 0 aromatic heterocycles. The molecule has 0 aromatic rings. The van der Waals surface area contributed by atoms with Crippen molar-refractivity contribution in [1.82, 2.24) is 0 Å². The van der Waals surface area contributed by atoms with Gasteiger partial charge in [0.15, 0.2) is 6.10 Å². The average molecular weight is 1060 g/mol. The third kappa shape index (κ3) is 60.1. The molecule has 0 aliphatic carbocycles. The van der Waals surface area contributed by atoms with E-state index in [2.05, 4.69) is 13.8 Å². The first kappa shape index (κ1) is 72.0. The molecular weight excluding hydrogens is 930 g/mol. The SMILES string of the molecule is CCCCCCCCCCCCCCCCCCCCCCCCCCCCCCCCCCCCCCCC(=O)OC(COC(=O)CCCCCCCCCCCCCCCCC)COP(=O)(O)OCCN. The molecule has 0 heterocycles. The Morgan fingerprint density at radius 1 is 0.356 bits per heavy atom. The van der Waals surface area contributed by atoms with Crippen molar-refractivity contribution in [2.24, 2.45) is 5.73 Å². The molecule has 0 spiro atoms. The molecule has 10 heteroatoms. The Labute approximate surface area is 454 Å². The maximum atomic E-state index is 12.7. The Balaban J connectivity index is 3.72. The number of nitrogens with two attached hydrogens (primary N) is 1. The number of carbonyl (C=O) groups is 2. The van der Waals surface area contributed by atoms with E-state index in [-0.39, 0.29) is 38.6 Å². The summed E-state index contributed by atoms with van der Waals surface area (Å²) in [7, 11) is -4.38. The van der Waals surface area contributed by atoms with Crippen LogP contribution in [-0.2, 0) is 32.7 Å². The molecule has 0 aromatic carbocycles. The molecular formula is C63H126NO8P. The molecule has 0 bridgehead atoms. The van der Waals surface area contributed by atoms with Crippen LogP contribution in [0, 0.1) is 0 Å². The zero-order valence-electron chi connectivity index (χ0n) is 48.9. The maximum absolute atomic E-state index is 12.7. The number of phosphoric ester groups is 1. The fourth-order valence-corrected chi connectivity index (χ4v) is 10.9. The van der Waals surface area contributed by atoms with Crippen molar-refractivity contribution in [2.75, 3.05) is 26.4 Å². The Bertz CT molecular complexity index is 1160. The lowest BCUT2D eigenvalue weighted by atomic mass is 10.0. The molecule has 3 N–H and O–H groups in total. The smallest absolute Gasteiger partial charge is 0.462 e. The number of carbonyl (C=O) groups excluding carboxylic acids is 2. The molecule has 0 fully saturated rings. The summed E-state index contributed by atoms with van der Waals surface area (Å²) < 4.78 is 33.1. The number of phosphoric acid groups is 1. The van der Waals surface area contributed by atoms with Crippen molar-refractivity contribution in [3.05, 3.63) is 0 Å². The second-order valence-corrected chi connectivity index (χ2v) is 23.8. The summed E-state index contributed by atoms with van der Waals surface area (Å²) in [5, 5.41) is 0. The largest absolute Gasteiger partial charge is 0.472 e. The third-order valence-corrected chi connectivity index (χ3v) is 16.0. The number of rotatable bonds is 63. The minimum atomic E-state index is -4.38. The Kier molecular flexibility index (Phi) is 59.4. The molecule has 2 atom stereocenters. The van der Waals surface area contributed by atoms with Gasteiger partial charge in [0.1, 0.15) is 6.61 Å². The molecule has 9 nitrogen and oxygen atoms in total. The molecule has 0 radical (unpaired) electrons. The zero-order valence-corrected chi connectivity index (χ0v) is 49.8. The topological polar surface area (TPSA) is 134 Å². The van der Waals surface area contributed by atoms with Gasteiger partial charge in [0.2, 0.25) is 0 Å². The highest BCUT2D eigenvalue weighted by Crippen LogP contribution is 2.43. The number of unbranched alkanes of at least 4 members (excludes halogenated alkanes) is 50. The van der Waals surface area contributed by atoms with Crippen molar-refractivity contribution < 1.29 is 37.6 Å². The van der Waals surface area contributed by atoms with Crippen LogP contribution in [0.1, 0.15) is 361 Å². The van der Waals surface area contributed by atoms with E-state index < -0.39 is 26.5 Å². The molecule has 0 aliphatic heterocycles. The van der Waals surface area contributed by atoms with Crippen LogP contribution in [0.4, 0.5) is 0 Å². The summed E-state index contributed by atoms with van der Waals surface area (Å²) in [6.45, 7) is 3.82. The molecule has 0 saturated carbocycles. The van der Waals surface area contributed by atoms with Gasteiger partial charge in [-0.1, -0.05) is 335 Å². The zero-order chi connectivity index (χ0) is 53.1. The van der Waals surface area contributed by atoms with E-state index in [9.17, 15) is 19.0 Å². The van der Waals surface area contributed by atoms with Crippen LogP contribution < -0.4 is 5.73 Å². The van der Waals surface area contributed by atoms with Crippen LogP contribution in [0.5, 0.6) is 0 Å². The van der Waals surface area contributed by atoms with Gasteiger partial charge in [-0.05, 0) is 12.8 Å². The van der Waals surface area contributed by atoms with Gasteiger partial charge in [0.05, 0.1) is 13.2 Å². The average Bonchev–Trinajstić information content (AvgIpc) is 3.38. The van der Waals surface area contributed by atoms with E-state index >= 15 is 0 Å². The van der Waals surface area contributed by atoms with Gasteiger partial charge in [-0.15, -0.1) is 0 Å². The van der Waals surface area contributed by atoms with Gasteiger partial charge >= 0.3 is 19.8 Å². The lowest BCUT2D eigenvalue weighted by Crippen LogP contribution is -2.29. The standard InChI is InChI=1S/C63H126NO8P/c1-3-5-7-9-11-13-15-17-19-20-21-22-23-24-25-26-27-28-29-30-31-32-33-34-35-36-37-38-39-40-42-44-46-48-50-52-54-56-63(66)72-61(60-71-73(67,68)70-58-57-64)59-69-62(65)55-53-51-49-47-45-43-41-18-16-14-12-10-8-6-4-2/h61H,3-60,64H2,1-2H3,(H,67,68). The van der Waals surface area contributed by atoms with Crippen molar-refractivity contribution in [3.8, 4) is 0 Å². The number of esters is 2. The Morgan fingerprint density at radius 3 is 0.836 bits per heavy atom. The van der Waals surface area contributed by atoms with Crippen LogP contribution in [0.15, 0.2) is 0 Å². The summed E-state index contributed by atoms with van der Waals surface area (Å²) >= 11 is 0. The number of hydrogen-bond acceptors (Lipinski definition) is 8. The highest BCUT2D eigenvalue weighted by Gasteiger charge is 2.26. The van der Waals surface area contributed by atoms with E-state index in [1.54, 1.807) is 0 Å². The molecule has 2 unspecified atom stereocenters. The van der Waals surface area contributed by atoms with E-state index in [0.29, 0.717) is 6.42 Å². The van der Waals surface area contributed by atoms with Crippen molar-refractivity contribution >= 4 is 19.8 Å². The second kappa shape index (κ2) is 60.2. The Morgan fingerprint density at radius 2 is 0.589 bits per heavy atom. The van der Waals surface area contributed by atoms with Gasteiger partial charge < -0.3 is 20.1 Å². The quantitative estimate of drug-likeness (QED) is 0.0347. The number of ether oxygens (including phenoxy) is 2. The first-order valence-corrected chi connectivity index (χ1v) is 34.0. The summed E-state index contributed by atoms with van der Waals surface area (Å²) in [6, 6.07) is 0. The summed E-state index contributed by atoms with van der Waals surface area (Å²) in [4.78, 5) is 35.2. The molecule has 436 valence electrons. The van der Waals surface area contributed by atoms with Crippen LogP contribution in [0.3, 0.4) is 0 Å². The van der Waals surface area contributed by atoms with Crippen molar-refractivity contribution in [2.45, 2.75) is 367 Å². The third-order valence-electron chi connectivity index (χ3n) is 15.0. The van der Waals surface area contributed by atoms with E-state index in [1.165, 1.54) is 295 Å². The monoisotopic (exact) mass is 1060 g/mol. The summed E-state index contributed by atoms with van der Waals surface area (Å²) in [6.07, 6.45) is 69.2. The molecule has 73 heavy (non-hydrogen) atoms. The van der Waals surface area contributed by atoms with Crippen LogP contribution in [0.2, 0.25) is 0 Å². The van der Waals surface area contributed by atoms with E-state index in [1.807, 2.05) is 0 Å². The predicted octanol–water partition coefficient (Wildman–Crippen LogP) is 20.6. The van der Waals surface area contributed by atoms with Crippen LogP contribution >= 0.6 is 7.82 Å². The highest BCUT2D eigenvalue weighted by molar-refractivity contribution is 7.47. The predicted molar refractivity (Wildman–Crippen MR) is 312 cm³/mol. The van der Waals surface area contributed by atoms with Gasteiger partial charge in [-0.3, -0.25) is 18.6 Å². The van der Waals surface area contributed by atoms with E-state index in [4.69, 9.17) is 24.3 Å². The maximum Gasteiger partial charge on any atom is 0.472 e. The molecule has 0 rings (SSSR count). The second-order valence-electron chi connectivity index (χ2n) is 22.4. The normalized spacial score (nSPS) is 12.9. The summed E-state index contributed by atoms with van der Waals surface area (Å²) in [5.74, 6) is -0.803. The molecule has 0 aliphatic rings.